The SMILES string of the molecule is Cc1cccc(F)c1COc1ccc2c(c1)CC[C@H]1N(C(=O)C3CCC4(C(=O)O)CCCC3C4)CC[C@@]21S(=O)(=O)c1ccccc1. The predicted octanol–water partition coefficient (Wildman–Crippen LogP) is 6.60. The molecule has 9 heteroatoms. The van der Waals surface area contributed by atoms with Crippen LogP contribution in [0.1, 0.15) is 73.6 Å². The number of likely N-dealkylation sites (tertiary alicyclic amines) is 1. The molecular formula is C37H40FNO6S. The molecule has 242 valence electrons. The lowest BCUT2D eigenvalue weighted by Crippen LogP contribution is -2.54. The average Bonchev–Trinajstić information content (AvgIpc) is 3.46. The van der Waals surface area contributed by atoms with Gasteiger partial charge in [0, 0.05) is 18.0 Å². The van der Waals surface area contributed by atoms with E-state index in [0.29, 0.717) is 61.9 Å². The third-order valence-corrected chi connectivity index (χ3v) is 14.1. The van der Waals surface area contributed by atoms with E-state index in [9.17, 15) is 27.5 Å². The van der Waals surface area contributed by atoms with Crippen LogP contribution in [0.25, 0.3) is 0 Å². The van der Waals surface area contributed by atoms with Crippen molar-refractivity contribution in [3.8, 4) is 5.75 Å². The Hall–Kier alpha value is -3.72. The van der Waals surface area contributed by atoms with Gasteiger partial charge in [-0.05, 0) is 111 Å². The smallest absolute Gasteiger partial charge is 0.309 e. The number of carboxylic acid groups (broad SMARTS) is 1. The van der Waals surface area contributed by atoms with Gasteiger partial charge in [-0.2, -0.15) is 0 Å². The maximum atomic E-state index is 14.8. The molecule has 7 rings (SSSR count). The molecule has 1 heterocycles. The zero-order valence-electron chi connectivity index (χ0n) is 26.1. The molecule has 0 radical (unpaired) electrons. The van der Waals surface area contributed by atoms with Crippen LogP contribution >= 0.6 is 0 Å². The Kier molecular flexibility index (Phi) is 7.73. The summed E-state index contributed by atoms with van der Waals surface area (Å²) in [6, 6.07) is 18.3. The van der Waals surface area contributed by atoms with E-state index in [0.717, 1.165) is 24.0 Å². The number of carbonyl (C=O) groups is 2. The van der Waals surface area contributed by atoms with Crippen LogP contribution in [0.2, 0.25) is 0 Å². The van der Waals surface area contributed by atoms with Crippen molar-refractivity contribution >= 4 is 21.7 Å². The molecule has 3 aliphatic carbocycles. The normalized spacial score (nSPS) is 28.7. The van der Waals surface area contributed by atoms with E-state index in [2.05, 4.69) is 0 Å². The van der Waals surface area contributed by atoms with E-state index in [1.54, 1.807) is 42.5 Å². The van der Waals surface area contributed by atoms with E-state index < -0.39 is 32.0 Å². The Morgan fingerprint density at radius 1 is 1.00 bits per heavy atom. The second-order valence-corrected chi connectivity index (χ2v) is 16.0. The number of sulfone groups is 1. The molecule has 2 bridgehead atoms. The molecule has 0 spiro atoms. The summed E-state index contributed by atoms with van der Waals surface area (Å²) in [4.78, 5) is 28.7. The van der Waals surface area contributed by atoms with Gasteiger partial charge in [0.25, 0.3) is 0 Å². The topological polar surface area (TPSA) is 101 Å². The van der Waals surface area contributed by atoms with Gasteiger partial charge in [0.2, 0.25) is 5.91 Å². The summed E-state index contributed by atoms with van der Waals surface area (Å²) in [6.45, 7) is 2.22. The summed E-state index contributed by atoms with van der Waals surface area (Å²) in [5.74, 6) is -0.857. The van der Waals surface area contributed by atoms with E-state index in [4.69, 9.17) is 4.74 Å². The predicted molar refractivity (Wildman–Crippen MR) is 170 cm³/mol. The van der Waals surface area contributed by atoms with Crippen molar-refractivity contribution in [3.63, 3.8) is 0 Å². The first-order valence-electron chi connectivity index (χ1n) is 16.4. The Labute approximate surface area is 269 Å². The molecular weight excluding hydrogens is 605 g/mol. The van der Waals surface area contributed by atoms with Crippen molar-refractivity contribution in [2.75, 3.05) is 6.54 Å². The van der Waals surface area contributed by atoms with Crippen LogP contribution in [0.4, 0.5) is 4.39 Å². The lowest BCUT2D eigenvalue weighted by atomic mass is 9.58. The summed E-state index contributed by atoms with van der Waals surface area (Å²) in [5, 5.41) is 10.0. The molecule has 3 fully saturated rings. The highest BCUT2D eigenvalue weighted by Gasteiger charge is 2.62. The maximum Gasteiger partial charge on any atom is 0.309 e. The first kappa shape index (κ1) is 30.9. The molecule has 3 aromatic rings. The highest BCUT2D eigenvalue weighted by molar-refractivity contribution is 7.92. The van der Waals surface area contributed by atoms with Crippen LogP contribution in [-0.4, -0.2) is 42.9 Å². The van der Waals surface area contributed by atoms with Crippen LogP contribution in [-0.2, 0) is 37.2 Å². The molecule has 7 nitrogen and oxygen atoms in total. The standard InChI is InChI=1S/C37H40FNO6S/c1-24-7-5-11-32(38)30(24)23-45-27-13-14-31-25(21-27)12-15-33-37(31,46(43,44)28-9-3-2-4-10-28)19-20-39(33)34(40)29-16-18-36(35(41)42)17-6-8-26(29)22-36/h2-5,7,9-11,13-14,21,26,29,33H,6,8,12,15-20,22-23H2,1H3,(H,41,42)/t26?,29?,33-,36?,37-/m1/s1. The molecule has 3 aromatic carbocycles. The molecule has 1 amide bonds. The monoisotopic (exact) mass is 645 g/mol. The Balaban J connectivity index is 1.23. The zero-order valence-corrected chi connectivity index (χ0v) is 26.9. The number of hydrogen-bond donors (Lipinski definition) is 1. The van der Waals surface area contributed by atoms with Crippen LogP contribution in [0.5, 0.6) is 5.75 Å². The van der Waals surface area contributed by atoms with Gasteiger partial charge in [-0.3, -0.25) is 9.59 Å². The van der Waals surface area contributed by atoms with Crippen LogP contribution < -0.4 is 4.74 Å². The van der Waals surface area contributed by atoms with Gasteiger partial charge < -0.3 is 14.7 Å². The molecule has 0 aromatic heterocycles. The first-order valence-corrected chi connectivity index (χ1v) is 17.9. The summed E-state index contributed by atoms with van der Waals surface area (Å²) in [6.07, 6.45) is 5.14. The van der Waals surface area contributed by atoms with E-state index in [1.807, 2.05) is 30.0 Å². The van der Waals surface area contributed by atoms with Crippen molar-refractivity contribution in [1.82, 2.24) is 4.90 Å². The van der Waals surface area contributed by atoms with Crippen molar-refractivity contribution in [3.05, 3.63) is 94.8 Å². The number of rotatable bonds is 7. The fourth-order valence-corrected chi connectivity index (χ4v) is 11.5. The second kappa shape index (κ2) is 11.5. The number of aryl methyl sites for hydroxylation is 2. The number of carbonyl (C=O) groups excluding carboxylic acids is 1. The van der Waals surface area contributed by atoms with Gasteiger partial charge in [0.1, 0.15) is 22.9 Å². The van der Waals surface area contributed by atoms with E-state index in [-0.39, 0.29) is 41.5 Å². The van der Waals surface area contributed by atoms with Gasteiger partial charge in [0.05, 0.1) is 16.4 Å². The van der Waals surface area contributed by atoms with Crippen molar-refractivity contribution < 1.29 is 32.2 Å². The number of nitrogens with zero attached hydrogens (tertiary/aromatic N) is 1. The highest BCUT2D eigenvalue weighted by Crippen LogP contribution is 2.56. The molecule has 2 saturated carbocycles. The minimum Gasteiger partial charge on any atom is -0.489 e. The molecule has 1 saturated heterocycles. The number of benzene rings is 3. The largest absolute Gasteiger partial charge is 0.489 e. The Morgan fingerprint density at radius 2 is 1.80 bits per heavy atom. The lowest BCUT2D eigenvalue weighted by Gasteiger charge is -2.48. The van der Waals surface area contributed by atoms with E-state index >= 15 is 0 Å². The van der Waals surface area contributed by atoms with Crippen molar-refractivity contribution in [2.45, 2.75) is 87.0 Å². The number of fused-ring (bicyclic) bond motifs is 5. The van der Waals surface area contributed by atoms with Gasteiger partial charge in [-0.1, -0.05) is 42.8 Å². The molecule has 3 unspecified atom stereocenters. The minimum atomic E-state index is -3.95. The van der Waals surface area contributed by atoms with Gasteiger partial charge in [-0.25, -0.2) is 12.8 Å². The zero-order chi connectivity index (χ0) is 32.3. The number of ether oxygens (including phenoxy) is 1. The quantitative estimate of drug-likeness (QED) is 0.311. The number of carboxylic acids is 1. The summed E-state index contributed by atoms with van der Waals surface area (Å²) in [7, 11) is -3.95. The summed E-state index contributed by atoms with van der Waals surface area (Å²) >= 11 is 0. The van der Waals surface area contributed by atoms with Gasteiger partial charge >= 0.3 is 5.97 Å². The van der Waals surface area contributed by atoms with Crippen LogP contribution in [0, 0.1) is 30.0 Å². The number of hydrogen-bond acceptors (Lipinski definition) is 5. The lowest BCUT2D eigenvalue weighted by molar-refractivity contribution is -0.160. The molecule has 5 atom stereocenters. The third-order valence-electron chi connectivity index (χ3n) is 11.6. The fourth-order valence-electron chi connectivity index (χ4n) is 9.16. The Bertz CT molecular complexity index is 1770. The first-order chi connectivity index (χ1) is 22.1. The Morgan fingerprint density at radius 3 is 2.57 bits per heavy atom. The molecule has 1 aliphatic heterocycles. The fraction of sp³-hybridized carbons (Fsp3) is 0.459. The summed E-state index contributed by atoms with van der Waals surface area (Å²) in [5.41, 5.74) is 2.10. The van der Waals surface area contributed by atoms with Crippen LogP contribution in [0.15, 0.2) is 71.6 Å². The molecule has 1 N–H and O–H groups in total. The van der Waals surface area contributed by atoms with Gasteiger partial charge in [0.15, 0.2) is 9.84 Å². The molecule has 46 heavy (non-hydrogen) atoms. The molecule has 4 aliphatic rings. The van der Waals surface area contributed by atoms with Crippen molar-refractivity contribution in [2.24, 2.45) is 17.3 Å². The third kappa shape index (κ3) is 4.76. The van der Waals surface area contributed by atoms with Crippen molar-refractivity contribution in [1.29, 1.82) is 0 Å². The second-order valence-electron chi connectivity index (χ2n) is 13.8. The highest BCUT2D eigenvalue weighted by atomic mass is 32.2. The number of amides is 1. The average molecular weight is 646 g/mol. The van der Waals surface area contributed by atoms with E-state index in [1.165, 1.54) is 6.07 Å². The number of aliphatic carboxylic acids is 1. The minimum absolute atomic E-state index is 0.000465. The maximum absolute atomic E-state index is 14.8. The number of halogens is 1. The summed E-state index contributed by atoms with van der Waals surface area (Å²) < 4.78 is 48.7. The van der Waals surface area contributed by atoms with Crippen LogP contribution in [0.3, 0.4) is 0 Å². The van der Waals surface area contributed by atoms with Gasteiger partial charge in [-0.15, -0.1) is 0 Å².